The molecule has 1 saturated heterocycles. The third-order valence-corrected chi connectivity index (χ3v) is 7.24. The molecule has 1 atom stereocenters. The quantitative estimate of drug-likeness (QED) is 0.464. The lowest BCUT2D eigenvalue weighted by Gasteiger charge is -2.39. The number of piperidine rings is 1. The van der Waals surface area contributed by atoms with Crippen LogP contribution in [0.3, 0.4) is 0 Å². The standard InChI is InChI=1S/C29H34N2/c1-3-11-24(12-4-1)23-30-19-10-9-15-27(30)18-20-31(28-16-5-2-6-17-28)29-21-25-13-7-8-14-26(25)22-29/h1-8,11-14,16-17,27,29H,9-10,15,18-23H2. The van der Waals surface area contributed by atoms with Crippen molar-refractivity contribution in [2.24, 2.45) is 0 Å². The average Bonchev–Trinajstić information content (AvgIpc) is 3.25. The highest BCUT2D eigenvalue weighted by atomic mass is 15.2. The molecule has 1 fully saturated rings. The number of likely N-dealkylation sites (tertiary alicyclic amines) is 1. The summed E-state index contributed by atoms with van der Waals surface area (Å²) >= 11 is 0. The molecule has 1 aliphatic carbocycles. The summed E-state index contributed by atoms with van der Waals surface area (Å²) < 4.78 is 0. The Morgan fingerprint density at radius 2 is 1.39 bits per heavy atom. The lowest BCUT2D eigenvalue weighted by Crippen LogP contribution is -2.43. The van der Waals surface area contributed by atoms with Crippen LogP contribution >= 0.6 is 0 Å². The number of fused-ring (bicyclic) bond motifs is 1. The minimum atomic E-state index is 0.575. The van der Waals surface area contributed by atoms with Gasteiger partial charge in [-0.05, 0) is 67.5 Å². The number of nitrogens with zero attached hydrogens (tertiary/aromatic N) is 2. The van der Waals surface area contributed by atoms with E-state index in [4.69, 9.17) is 0 Å². The van der Waals surface area contributed by atoms with Crippen molar-refractivity contribution in [1.82, 2.24) is 4.90 Å². The fourth-order valence-electron chi connectivity index (χ4n) is 5.60. The van der Waals surface area contributed by atoms with Crippen molar-refractivity contribution in [1.29, 1.82) is 0 Å². The average molecular weight is 411 g/mol. The monoisotopic (exact) mass is 410 g/mol. The molecule has 1 unspecified atom stereocenters. The van der Waals surface area contributed by atoms with Crippen molar-refractivity contribution in [2.45, 2.75) is 57.2 Å². The van der Waals surface area contributed by atoms with E-state index in [0.717, 1.165) is 13.1 Å². The fourth-order valence-corrected chi connectivity index (χ4v) is 5.60. The van der Waals surface area contributed by atoms with Gasteiger partial charge in [-0.15, -0.1) is 0 Å². The van der Waals surface area contributed by atoms with Crippen LogP contribution in [0, 0.1) is 0 Å². The second-order valence-corrected chi connectivity index (χ2v) is 9.25. The van der Waals surface area contributed by atoms with Gasteiger partial charge in [-0.2, -0.15) is 0 Å². The first kappa shape index (κ1) is 20.3. The van der Waals surface area contributed by atoms with Gasteiger partial charge in [0.1, 0.15) is 0 Å². The van der Waals surface area contributed by atoms with E-state index in [0.29, 0.717) is 12.1 Å². The molecular formula is C29H34N2. The highest BCUT2D eigenvalue weighted by Crippen LogP contribution is 2.30. The van der Waals surface area contributed by atoms with Gasteiger partial charge in [0.2, 0.25) is 0 Å². The maximum absolute atomic E-state index is 2.74. The Morgan fingerprint density at radius 1 is 0.742 bits per heavy atom. The summed E-state index contributed by atoms with van der Waals surface area (Å²) in [5.41, 5.74) is 5.90. The van der Waals surface area contributed by atoms with Gasteiger partial charge >= 0.3 is 0 Å². The first-order chi connectivity index (χ1) is 15.4. The van der Waals surface area contributed by atoms with E-state index in [1.807, 2.05) is 0 Å². The number of rotatable bonds is 7. The summed E-state index contributed by atoms with van der Waals surface area (Å²) in [6.45, 7) is 3.46. The topological polar surface area (TPSA) is 6.48 Å². The Hall–Kier alpha value is -2.58. The summed E-state index contributed by atoms with van der Waals surface area (Å²) in [5, 5.41) is 0. The molecule has 3 aromatic carbocycles. The number of hydrogen-bond acceptors (Lipinski definition) is 2. The van der Waals surface area contributed by atoms with E-state index in [-0.39, 0.29) is 0 Å². The van der Waals surface area contributed by atoms with Gasteiger partial charge in [0.05, 0.1) is 0 Å². The highest BCUT2D eigenvalue weighted by Gasteiger charge is 2.29. The van der Waals surface area contributed by atoms with Crippen molar-refractivity contribution >= 4 is 5.69 Å². The smallest absolute Gasteiger partial charge is 0.0370 e. The molecule has 0 bridgehead atoms. The maximum atomic E-state index is 2.74. The molecule has 0 spiro atoms. The SMILES string of the molecule is c1ccc(CN2CCCCC2CCN(c2ccccc2)C2Cc3ccccc3C2)cc1. The molecule has 0 radical (unpaired) electrons. The summed E-state index contributed by atoms with van der Waals surface area (Å²) in [5.74, 6) is 0. The Balaban J connectivity index is 1.30. The van der Waals surface area contributed by atoms with Crippen molar-refractivity contribution in [2.75, 3.05) is 18.0 Å². The molecule has 1 heterocycles. The van der Waals surface area contributed by atoms with Crippen LogP contribution in [0.4, 0.5) is 5.69 Å². The van der Waals surface area contributed by atoms with Crippen LogP contribution in [0.25, 0.3) is 0 Å². The van der Waals surface area contributed by atoms with E-state index in [9.17, 15) is 0 Å². The van der Waals surface area contributed by atoms with Gasteiger partial charge in [0.15, 0.2) is 0 Å². The molecular weight excluding hydrogens is 376 g/mol. The van der Waals surface area contributed by atoms with Crippen LogP contribution in [-0.2, 0) is 19.4 Å². The van der Waals surface area contributed by atoms with Gasteiger partial charge in [0.25, 0.3) is 0 Å². The number of benzene rings is 3. The van der Waals surface area contributed by atoms with Crippen molar-refractivity contribution in [3.05, 3.63) is 102 Å². The van der Waals surface area contributed by atoms with E-state index in [1.165, 1.54) is 67.4 Å². The molecule has 2 nitrogen and oxygen atoms in total. The first-order valence-electron chi connectivity index (χ1n) is 12.0. The van der Waals surface area contributed by atoms with Crippen molar-refractivity contribution in [3.63, 3.8) is 0 Å². The van der Waals surface area contributed by atoms with Gasteiger partial charge in [-0.25, -0.2) is 0 Å². The molecule has 2 heteroatoms. The normalized spacial score (nSPS) is 19.3. The maximum Gasteiger partial charge on any atom is 0.0370 e. The molecule has 31 heavy (non-hydrogen) atoms. The van der Waals surface area contributed by atoms with Crippen LogP contribution in [0.5, 0.6) is 0 Å². The zero-order chi connectivity index (χ0) is 20.9. The minimum Gasteiger partial charge on any atom is -0.368 e. The lowest BCUT2D eigenvalue weighted by atomic mass is 9.97. The molecule has 0 saturated carbocycles. The van der Waals surface area contributed by atoms with E-state index in [1.54, 1.807) is 0 Å². The number of hydrogen-bond donors (Lipinski definition) is 0. The Morgan fingerprint density at radius 3 is 2.10 bits per heavy atom. The number of para-hydroxylation sites is 1. The van der Waals surface area contributed by atoms with Crippen molar-refractivity contribution in [3.8, 4) is 0 Å². The van der Waals surface area contributed by atoms with E-state index < -0.39 is 0 Å². The van der Waals surface area contributed by atoms with Crippen LogP contribution in [0.2, 0.25) is 0 Å². The second kappa shape index (κ2) is 9.70. The molecule has 1 aliphatic heterocycles. The predicted molar refractivity (Wildman–Crippen MR) is 131 cm³/mol. The zero-order valence-electron chi connectivity index (χ0n) is 18.5. The second-order valence-electron chi connectivity index (χ2n) is 9.25. The Labute approximate surface area is 187 Å². The number of anilines is 1. The molecule has 0 N–H and O–H groups in total. The first-order valence-corrected chi connectivity index (χ1v) is 12.0. The van der Waals surface area contributed by atoms with E-state index in [2.05, 4.69) is 94.7 Å². The van der Waals surface area contributed by atoms with Gasteiger partial charge < -0.3 is 4.90 Å². The van der Waals surface area contributed by atoms with E-state index >= 15 is 0 Å². The minimum absolute atomic E-state index is 0.575. The molecule has 5 rings (SSSR count). The summed E-state index contributed by atoms with van der Waals surface area (Å²) in [6.07, 6.45) is 7.63. The molecule has 3 aromatic rings. The van der Waals surface area contributed by atoms with Crippen LogP contribution < -0.4 is 4.90 Å². The van der Waals surface area contributed by atoms with Crippen molar-refractivity contribution < 1.29 is 0 Å². The van der Waals surface area contributed by atoms with Gasteiger partial charge in [-0.1, -0.05) is 79.2 Å². The van der Waals surface area contributed by atoms with Crippen LogP contribution in [-0.4, -0.2) is 30.1 Å². The third kappa shape index (κ3) is 4.85. The Kier molecular flexibility index (Phi) is 6.36. The van der Waals surface area contributed by atoms with Gasteiger partial charge in [0, 0.05) is 30.9 Å². The molecule has 160 valence electrons. The summed E-state index contributed by atoms with van der Waals surface area (Å²) in [4.78, 5) is 5.45. The van der Waals surface area contributed by atoms with Crippen LogP contribution in [0.1, 0.15) is 42.4 Å². The fraction of sp³-hybridized carbons (Fsp3) is 0.379. The zero-order valence-corrected chi connectivity index (χ0v) is 18.5. The van der Waals surface area contributed by atoms with Crippen LogP contribution in [0.15, 0.2) is 84.9 Å². The molecule has 0 aromatic heterocycles. The molecule has 0 amide bonds. The predicted octanol–water partition coefficient (Wildman–Crippen LogP) is 6.11. The highest BCUT2D eigenvalue weighted by molar-refractivity contribution is 5.49. The van der Waals surface area contributed by atoms with Gasteiger partial charge in [-0.3, -0.25) is 4.90 Å². The third-order valence-electron chi connectivity index (χ3n) is 7.24. The Bertz CT molecular complexity index is 928. The summed E-state index contributed by atoms with van der Waals surface area (Å²) in [6, 6.07) is 32.4. The lowest BCUT2D eigenvalue weighted by molar-refractivity contribution is 0.133. The summed E-state index contributed by atoms with van der Waals surface area (Å²) in [7, 11) is 0. The largest absolute Gasteiger partial charge is 0.368 e. The molecule has 2 aliphatic rings.